The van der Waals surface area contributed by atoms with Crippen molar-refractivity contribution in [1.29, 1.82) is 0 Å². The highest BCUT2D eigenvalue weighted by Gasteiger charge is 2.25. The smallest absolute Gasteiger partial charge is 0.252 e. The summed E-state index contributed by atoms with van der Waals surface area (Å²) in [7, 11) is 0. The third-order valence-corrected chi connectivity index (χ3v) is 6.15. The fourth-order valence-corrected chi connectivity index (χ4v) is 4.58. The predicted octanol–water partition coefficient (Wildman–Crippen LogP) is 2.75. The monoisotopic (exact) mass is 457 g/mol. The molecule has 2 aliphatic rings. The van der Waals surface area contributed by atoms with E-state index < -0.39 is 11.7 Å². The van der Waals surface area contributed by atoms with E-state index in [0.717, 1.165) is 50.5 Å². The molecule has 1 saturated carbocycles. The highest BCUT2D eigenvalue weighted by atomic mass is 19.1. The highest BCUT2D eigenvalue weighted by Crippen LogP contribution is 2.28. The standard InChI is InChI=1S/C23H32FN7O2/c1-13-11-31(12-14(2)33-13)16-7-15(9-27-10-16)28-22-17(21(26)32)8-18(24)23(30-22)29-20-6-4-3-5-19(20)25/h7-10,13-14,19-20H,3-6,11-12,25H2,1-2H3,(H2,26,32)(H2,28,29,30). The molecule has 4 atom stereocenters. The van der Waals surface area contributed by atoms with E-state index >= 15 is 0 Å². The van der Waals surface area contributed by atoms with Crippen LogP contribution in [0.2, 0.25) is 0 Å². The van der Waals surface area contributed by atoms with Gasteiger partial charge in [0.15, 0.2) is 11.6 Å². The van der Waals surface area contributed by atoms with Crippen molar-refractivity contribution in [2.24, 2.45) is 11.5 Å². The number of carbonyl (C=O) groups is 1. The SMILES string of the molecule is CC1CN(c2cncc(Nc3nc(NC4CCCCC4N)c(F)cc3C(N)=O)c2)CC(C)O1. The second-order valence-corrected chi connectivity index (χ2v) is 9.00. The lowest BCUT2D eigenvalue weighted by Crippen LogP contribution is -2.45. The van der Waals surface area contributed by atoms with Gasteiger partial charge in [0.2, 0.25) is 0 Å². The van der Waals surface area contributed by atoms with E-state index in [2.05, 4.69) is 25.5 Å². The number of ether oxygens (including phenoxy) is 1. The molecule has 4 rings (SSSR count). The number of primary amides is 1. The van der Waals surface area contributed by atoms with Gasteiger partial charge in [0.1, 0.15) is 5.82 Å². The van der Waals surface area contributed by atoms with E-state index in [1.54, 1.807) is 12.4 Å². The summed E-state index contributed by atoms with van der Waals surface area (Å²) >= 11 is 0. The van der Waals surface area contributed by atoms with Crippen molar-refractivity contribution in [3.8, 4) is 0 Å². The van der Waals surface area contributed by atoms with Crippen LogP contribution in [0.4, 0.5) is 27.4 Å². The van der Waals surface area contributed by atoms with Gasteiger partial charge in [-0.15, -0.1) is 0 Å². The average Bonchev–Trinajstić information content (AvgIpc) is 2.76. The maximum absolute atomic E-state index is 14.8. The van der Waals surface area contributed by atoms with E-state index in [1.807, 2.05) is 19.9 Å². The molecule has 1 aliphatic carbocycles. The lowest BCUT2D eigenvalue weighted by atomic mass is 9.91. The number of hydrogen-bond acceptors (Lipinski definition) is 8. The summed E-state index contributed by atoms with van der Waals surface area (Å²) in [4.78, 5) is 22.9. The molecule has 2 aromatic heterocycles. The lowest BCUT2D eigenvalue weighted by molar-refractivity contribution is -0.00523. The summed E-state index contributed by atoms with van der Waals surface area (Å²) in [6.07, 6.45) is 7.40. The number of hydrogen-bond donors (Lipinski definition) is 4. The zero-order valence-corrected chi connectivity index (χ0v) is 19.1. The van der Waals surface area contributed by atoms with Crippen LogP contribution in [0.5, 0.6) is 0 Å². The number of nitrogens with zero attached hydrogens (tertiary/aromatic N) is 3. The number of aromatic nitrogens is 2. The molecule has 6 N–H and O–H groups in total. The van der Waals surface area contributed by atoms with Gasteiger partial charge in [-0.2, -0.15) is 0 Å². The molecule has 0 aromatic carbocycles. The minimum absolute atomic E-state index is 0.0370. The van der Waals surface area contributed by atoms with E-state index in [0.29, 0.717) is 5.69 Å². The molecule has 1 saturated heterocycles. The van der Waals surface area contributed by atoms with Gasteiger partial charge in [-0.25, -0.2) is 9.37 Å². The van der Waals surface area contributed by atoms with Crippen LogP contribution >= 0.6 is 0 Å². The van der Waals surface area contributed by atoms with Gasteiger partial charge >= 0.3 is 0 Å². The van der Waals surface area contributed by atoms with Crippen molar-refractivity contribution in [3.63, 3.8) is 0 Å². The first-order valence-corrected chi connectivity index (χ1v) is 11.4. The fraction of sp³-hybridized carbons (Fsp3) is 0.522. The van der Waals surface area contributed by atoms with E-state index in [9.17, 15) is 9.18 Å². The van der Waals surface area contributed by atoms with Crippen LogP contribution < -0.4 is 27.0 Å². The maximum atomic E-state index is 14.8. The number of morpholine rings is 1. The Balaban J connectivity index is 1.59. The number of anilines is 4. The number of halogens is 1. The van der Waals surface area contributed by atoms with Crippen molar-refractivity contribution < 1.29 is 13.9 Å². The quantitative estimate of drug-likeness (QED) is 0.521. The maximum Gasteiger partial charge on any atom is 0.252 e. The number of rotatable bonds is 6. The Kier molecular flexibility index (Phi) is 6.94. The van der Waals surface area contributed by atoms with Crippen molar-refractivity contribution in [2.75, 3.05) is 28.6 Å². The Labute approximate surface area is 193 Å². The molecular formula is C23H32FN7O2. The first kappa shape index (κ1) is 23.2. The lowest BCUT2D eigenvalue weighted by Gasteiger charge is -2.36. The molecule has 2 aromatic rings. The molecule has 1 amide bonds. The molecule has 1 aliphatic heterocycles. The van der Waals surface area contributed by atoms with Gasteiger partial charge in [-0.05, 0) is 38.8 Å². The zero-order chi connectivity index (χ0) is 23.5. The summed E-state index contributed by atoms with van der Waals surface area (Å²) in [5.41, 5.74) is 13.2. The molecule has 10 heteroatoms. The average molecular weight is 458 g/mol. The second kappa shape index (κ2) is 9.88. The Hall–Kier alpha value is -2.98. The number of amides is 1. The highest BCUT2D eigenvalue weighted by molar-refractivity contribution is 5.98. The Morgan fingerprint density at radius 3 is 2.58 bits per heavy atom. The normalized spacial score (nSPS) is 25.5. The molecule has 178 valence electrons. The van der Waals surface area contributed by atoms with Crippen LogP contribution in [0, 0.1) is 5.82 Å². The zero-order valence-electron chi connectivity index (χ0n) is 19.1. The third kappa shape index (κ3) is 5.51. The molecule has 0 radical (unpaired) electrons. The van der Waals surface area contributed by atoms with E-state index in [-0.39, 0.29) is 41.5 Å². The van der Waals surface area contributed by atoms with Crippen LogP contribution in [-0.4, -0.2) is 53.3 Å². The van der Waals surface area contributed by atoms with Crippen LogP contribution in [0.1, 0.15) is 49.9 Å². The molecule has 0 bridgehead atoms. The molecule has 4 unspecified atom stereocenters. The number of nitrogens with one attached hydrogen (secondary N) is 2. The summed E-state index contributed by atoms with van der Waals surface area (Å²) in [6.45, 7) is 5.55. The Morgan fingerprint density at radius 2 is 1.88 bits per heavy atom. The molecule has 3 heterocycles. The van der Waals surface area contributed by atoms with Crippen LogP contribution in [0.25, 0.3) is 0 Å². The van der Waals surface area contributed by atoms with E-state index in [1.165, 1.54) is 0 Å². The van der Waals surface area contributed by atoms with Gasteiger partial charge in [0, 0.05) is 25.2 Å². The Morgan fingerprint density at radius 1 is 1.15 bits per heavy atom. The van der Waals surface area contributed by atoms with Crippen molar-refractivity contribution in [1.82, 2.24) is 9.97 Å². The van der Waals surface area contributed by atoms with Crippen LogP contribution in [0.15, 0.2) is 24.5 Å². The number of pyridine rings is 2. The van der Waals surface area contributed by atoms with Gasteiger partial charge in [-0.3, -0.25) is 9.78 Å². The second-order valence-electron chi connectivity index (χ2n) is 9.00. The molecule has 0 spiro atoms. The van der Waals surface area contributed by atoms with Crippen LogP contribution in [-0.2, 0) is 4.74 Å². The van der Waals surface area contributed by atoms with Gasteiger partial charge < -0.3 is 31.7 Å². The number of nitrogens with two attached hydrogens (primary N) is 2. The molecule has 2 fully saturated rings. The van der Waals surface area contributed by atoms with Gasteiger partial charge in [0.05, 0.1) is 41.5 Å². The van der Waals surface area contributed by atoms with Crippen molar-refractivity contribution in [3.05, 3.63) is 35.9 Å². The third-order valence-electron chi connectivity index (χ3n) is 6.15. The van der Waals surface area contributed by atoms with Gasteiger partial charge in [-0.1, -0.05) is 12.8 Å². The fourth-order valence-electron chi connectivity index (χ4n) is 4.58. The summed E-state index contributed by atoms with van der Waals surface area (Å²) in [6, 6.07) is 2.86. The first-order chi connectivity index (χ1) is 15.8. The van der Waals surface area contributed by atoms with Gasteiger partial charge in [0.25, 0.3) is 5.91 Å². The van der Waals surface area contributed by atoms with Crippen molar-refractivity contribution >= 4 is 28.9 Å². The molecule has 33 heavy (non-hydrogen) atoms. The van der Waals surface area contributed by atoms with Crippen molar-refractivity contribution in [2.45, 2.75) is 63.8 Å². The van der Waals surface area contributed by atoms with E-state index in [4.69, 9.17) is 16.2 Å². The molecule has 9 nitrogen and oxygen atoms in total. The summed E-state index contributed by atoms with van der Waals surface area (Å²) in [5, 5.41) is 6.22. The minimum atomic E-state index is -0.773. The largest absolute Gasteiger partial charge is 0.372 e. The summed E-state index contributed by atoms with van der Waals surface area (Å²) < 4.78 is 20.6. The summed E-state index contributed by atoms with van der Waals surface area (Å²) in [5.74, 6) is -1.21. The first-order valence-electron chi connectivity index (χ1n) is 11.4. The predicted molar refractivity (Wildman–Crippen MR) is 126 cm³/mol. The molecular weight excluding hydrogens is 425 g/mol. The Bertz CT molecular complexity index is 995. The minimum Gasteiger partial charge on any atom is -0.372 e. The van der Waals surface area contributed by atoms with Crippen LogP contribution in [0.3, 0.4) is 0 Å². The number of carbonyl (C=O) groups excluding carboxylic acids is 1. The topological polar surface area (TPSA) is 131 Å².